The second-order valence-electron chi connectivity index (χ2n) is 7.29. The van der Waals surface area contributed by atoms with Gasteiger partial charge >= 0.3 is 0 Å². The van der Waals surface area contributed by atoms with Crippen LogP contribution in [-0.4, -0.2) is 40.9 Å². The number of piperidine rings is 1. The largest absolute Gasteiger partial charge is 0.454 e. The van der Waals surface area contributed by atoms with Gasteiger partial charge in [-0.05, 0) is 37.0 Å². The summed E-state index contributed by atoms with van der Waals surface area (Å²) in [7, 11) is 0. The molecule has 0 unspecified atom stereocenters. The number of carbonyl (C=O) groups is 1. The number of nitrogens with zero attached hydrogens (tertiary/aromatic N) is 3. The second-order valence-corrected chi connectivity index (χ2v) is 7.29. The van der Waals surface area contributed by atoms with Gasteiger partial charge in [0, 0.05) is 25.1 Å². The molecule has 2 aliphatic rings. The van der Waals surface area contributed by atoms with Crippen LogP contribution in [0, 0.1) is 5.92 Å². The van der Waals surface area contributed by atoms with E-state index < -0.39 is 0 Å². The van der Waals surface area contributed by atoms with Crippen LogP contribution in [0.4, 0.5) is 0 Å². The maximum absolute atomic E-state index is 12.4. The van der Waals surface area contributed by atoms with E-state index in [1.54, 1.807) is 0 Å². The van der Waals surface area contributed by atoms with Crippen molar-refractivity contribution in [2.24, 2.45) is 5.92 Å². The maximum atomic E-state index is 12.4. The SMILES string of the molecule is CC(C)CC(=O)N1CCC[C@@H](c2nnc(-c3ccc4c(c3)OCO4)o2)C1. The van der Waals surface area contributed by atoms with E-state index in [-0.39, 0.29) is 18.6 Å². The van der Waals surface area contributed by atoms with Crippen molar-refractivity contribution in [2.45, 2.75) is 39.0 Å². The molecule has 4 rings (SSSR count). The first-order valence-corrected chi connectivity index (χ1v) is 9.11. The highest BCUT2D eigenvalue weighted by Crippen LogP contribution is 2.36. The Morgan fingerprint density at radius 1 is 1.27 bits per heavy atom. The molecule has 2 aromatic rings. The predicted molar refractivity (Wildman–Crippen MR) is 93.9 cm³/mol. The smallest absolute Gasteiger partial charge is 0.247 e. The topological polar surface area (TPSA) is 77.7 Å². The van der Waals surface area contributed by atoms with Gasteiger partial charge in [-0.3, -0.25) is 4.79 Å². The standard InChI is InChI=1S/C19H23N3O4/c1-12(2)8-17(23)22-7-3-4-14(10-22)19-21-20-18(26-19)13-5-6-15-16(9-13)25-11-24-15/h5-6,9,12,14H,3-4,7-8,10-11H2,1-2H3/t14-/m1/s1. The first-order valence-electron chi connectivity index (χ1n) is 9.11. The molecule has 7 heteroatoms. The summed E-state index contributed by atoms with van der Waals surface area (Å²) in [5.41, 5.74) is 0.802. The fourth-order valence-electron chi connectivity index (χ4n) is 3.43. The molecule has 0 N–H and O–H groups in total. The third-order valence-corrected chi connectivity index (χ3v) is 4.77. The normalized spacial score (nSPS) is 19.2. The fraction of sp³-hybridized carbons (Fsp3) is 0.526. The molecule has 1 amide bonds. The molecule has 1 fully saturated rings. The van der Waals surface area contributed by atoms with Crippen LogP contribution < -0.4 is 9.47 Å². The van der Waals surface area contributed by atoms with Crippen molar-refractivity contribution < 1.29 is 18.7 Å². The molecule has 138 valence electrons. The minimum atomic E-state index is 0.0927. The Morgan fingerprint density at radius 3 is 2.96 bits per heavy atom. The zero-order chi connectivity index (χ0) is 18.1. The van der Waals surface area contributed by atoms with E-state index in [0.717, 1.165) is 30.7 Å². The maximum Gasteiger partial charge on any atom is 0.247 e. The number of likely N-dealkylation sites (tertiary alicyclic amines) is 1. The van der Waals surface area contributed by atoms with Gasteiger partial charge in [-0.1, -0.05) is 13.8 Å². The summed E-state index contributed by atoms with van der Waals surface area (Å²) < 4.78 is 16.6. The van der Waals surface area contributed by atoms with Gasteiger partial charge in [0.25, 0.3) is 0 Å². The number of amides is 1. The molecule has 1 aromatic heterocycles. The van der Waals surface area contributed by atoms with E-state index in [1.165, 1.54) is 0 Å². The minimum absolute atomic E-state index is 0.0927. The van der Waals surface area contributed by atoms with Crippen LogP contribution in [0.1, 0.15) is 44.9 Å². The monoisotopic (exact) mass is 357 g/mol. The lowest BCUT2D eigenvalue weighted by molar-refractivity contribution is -0.133. The van der Waals surface area contributed by atoms with E-state index in [9.17, 15) is 4.79 Å². The van der Waals surface area contributed by atoms with Gasteiger partial charge in [-0.25, -0.2) is 0 Å². The molecule has 1 aromatic carbocycles. The molecule has 1 atom stereocenters. The summed E-state index contributed by atoms with van der Waals surface area (Å²) in [6, 6.07) is 5.57. The van der Waals surface area contributed by atoms with E-state index in [2.05, 4.69) is 24.0 Å². The Labute approximate surface area is 152 Å². The Morgan fingerprint density at radius 2 is 2.12 bits per heavy atom. The van der Waals surface area contributed by atoms with Crippen LogP contribution >= 0.6 is 0 Å². The first-order chi connectivity index (χ1) is 12.6. The highest BCUT2D eigenvalue weighted by Gasteiger charge is 2.29. The number of ether oxygens (including phenoxy) is 2. The van der Waals surface area contributed by atoms with Crippen LogP contribution in [0.25, 0.3) is 11.5 Å². The lowest BCUT2D eigenvalue weighted by Gasteiger charge is -2.31. The number of aromatic nitrogens is 2. The van der Waals surface area contributed by atoms with E-state index in [1.807, 2.05) is 23.1 Å². The Kier molecular flexibility index (Phi) is 4.53. The van der Waals surface area contributed by atoms with Gasteiger partial charge in [0.15, 0.2) is 11.5 Å². The van der Waals surface area contributed by atoms with E-state index >= 15 is 0 Å². The molecule has 26 heavy (non-hydrogen) atoms. The summed E-state index contributed by atoms with van der Waals surface area (Å²) in [5, 5.41) is 8.43. The highest BCUT2D eigenvalue weighted by atomic mass is 16.7. The third-order valence-electron chi connectivity index (χ3n) is 4.77. The molecule has 0 radical (unpaired) electrons. The van der Waals surface area contributed by atoms with E-state index in [0.29, 0.717) is 36.4 Å². The number of hydrogen-bond acceptors (Lipinski definition) is 6. The second kappa shape index (κ2) is 6.97. The lowest BCUT2D eigenvalue weighted by Crippen LogP contribution is -2.39. The van der Waals surface area contributed by atoms with Crippen LogP contribution in [-0.2, 0) is 4.79 Å². The summed E-state index contributed by atoms with van der Waals surface area (Å²) in [6.45, 7) is 5.82. The molecular formula is C19H23N3O4. The van der Waals surface area contributed by atoms with Crippen molar-refractivity contribution in [3.05, 3.63) is 24.1 Å². The number of benzene rings is 1. The Balaban J connectivity index is 1.48. The highest BCUT2D eigenvalue weighted by molar-refractivity contribution is 5.76. The van der Waals surface area contributed by atoms with Crippen molar-refractivity contribution in [1.29, 1.82) is 0 Å². The van der Waals surface area contributed by atoms with Crippen molar-refractivity contribution in [2.75, 3.05) is 19.9 Å². The van der Waals surface area contributed by atoms with Crippen molar-refractivity contribution >= 4 is 5.91 Å². The summed E-state index contributed by atoms with van der Waals surface area (Å²) in [6.07, 6.45) is 2.49. The minimum Gasteiger partial charge on any atom is -0.454 e. The zero-order valence-corrected chi connectivity index (χ0v) is 15.1. The van der Waals surface area contributed by atoms with Gasteiger partial charge in [0.1, 0.15) is 0 Å². The van der Waals surface area contributed by atoms with Crippen LogP contribution in [0.3, 0.4) is 0 Å². The molecule has 0 aliphatic carbocycles. The molecule has 7 nitrogen and oxygen atoms in total. The summed E-state index contributed by atoms with van der Waals surface area (Å²) in [4.78, 5) is 14.3. The van der Waals surface area contributed by atoms with Crippen LogP contribution in [0.2, 0.25) is 0 Å². The fourth-order valence-corrected chi connectivity index (χ4v) is 3.43. The molecule has 0 bridgehead atoms. The molecule has 0 spiro atoms. The number of rotatable bonds is 4. The van der Waals surface area contributed by atoms with Crippen LogP contribution in [0.5, 0.6) is 11.5 Å². The Bertz CT molecular complexity index is 802. The zero-order valence-electron chi connectivity index (χ0n) is 15.1. The average Bonchev–Trinajstić information content (AvgIpc) is 3.30. The summed E-state index contributed by atoms with van der Waals surface area (Å²) in [5.74, 6) is 3.13. The molecular weight excluding hydrogens is 334 g/mol. The number of carbonyl (C=O) groups excluding carboxylic acids is 1. The van der Waals surface area contributed by atoms with Gasteiger partial charge < -0.3 is 18.8 Å². The molecule has 0 saturated carbocycles. The lowest BCUT2D eigenvalue weighted by atomic mass is 9.97. The first kappa shape index (κ1) is 16.9. The van der Waals surface area contributed by atoms with Gasteiger partial charge in [-0.2, -0.15) is 0 Å². The summed E-state index contributed by atoms with van der Waals surface area (Å²) >= 11 is 0. The number of hydrogen-bond donors (Lipinski definition) is 0. The molecule has 3 heterocycles. The van der Waals surface area contributed by atoms with E-state index in [4.69, 9.17) is 13.9 Å². The van der Waals surface area contributed by atoms with Crippen molar-refractivity contribution in [3.63, 3.8) is 0 Å². The number of fused-ring (bicyclic) bond motifs is 1. The predicted octanol–water partition coefficient (Wildman–Crippen LogP) is 3.22. The average molecular weight is 357 g/mol. The molecule has 2 aliphatic heterocycles. The van der Waals surface area contributed by atoms with Crippen LogP contribution in [0.15, 0.2) is 22.6 Å². The van der Waals surface area contributed by atoms with Crippen molar-refractivity contribution in [3.8, 4) is 23.0 Å². The van der Waals surface area contributed by atoms with Gasteiger partial charge in [-0.15, -0.1) is 10.2 Å². The van der Waals surface area contributed by atoms with Crippen molar-refractivity contribution in [1.82, 2.24) is 15.1 Å². The third kappa shape index (κ3) is 3.38. The van der Waals surface area contributed by atoms with Gasteiger partial charge in [0.2, 0.25) is 24.5 Å². The molecule has 1 saturated heterocycles. The quantitative estimate of drug-likeness (QED) is 0.836. The van der Waals surface area contributed by atoms with Gasteiger partial charge in [0.05, 0.1) is 5.92 Å². The Hall–Kier alpha value is -2.57.